The Morgan fingerprint density at radius 1 is 0.917 bits per heavy atom. The van der Waals surface area contributed by atoms with Gasteiger partial charge in [-0.25, -0.2) is 4.79 Å². The van der Waals surface area contributed by atoms with Crippen molar-refractivity contribution in [2.45, 2.75) is 40.7 Å². The molecule has 1 aromatic carbocycles. The number of rotatable bonds is 4. The molecule has 0 radical (unpaired) electrons. The zero-order valence-corrected chi connectivity index (χ0v) is 14.6. The smallest absolute Gasteiger partial charge is 0.319 e. The molecule has 0 bridgehead atoms. The van der Waals surface area contributed by atoms with E-state index >= 15 is 0 Å². The number of aryl methyl sites for hydroxylation is 2. The van der Waals surface area contributed by atoms with Gasteiger partial charge in [0.15, 0.2) is 0 Å². The van der Waals surface area contributed by atoms with Gasteiger partial charge in [0.2, 0.25) is 0 Å². The molecule has 0 unspecified atom stereocenters. The van der Waals surface area contributed by atoms with Crippen LogP contribution >= 0.6 is 0 Å². The Hall–Kier alpha value is -2.76. The summed E-state index contributed by atoms with van der Waals surface area (Å²) in [5.41, 5.74) is 2.70. The third-order valence-corrected chi connectivity index (χ3v) is 3.61. The summed E-state index contributed by atoms with van der Waals surface area (Å²) < 4.78 is 5.48. The lowest BCUT2D eigenvalue weighted by molar-refractivity contribution is 0.102. The number of amides is 3. The molecule has 0 aliphatic carbocycles. The van der Waals surface area contributed by atoms with Crippen LogP contribution in [0.25, 0.3) is 0 Å². The van der Waals surface area contributed by atoms with Crippen LogP contribution in [0, 0.1) is 20.8 Å². The molecule has 1 aromatic heterocycles. The van der Waals surface area contributed by atoms with Crippen LogP contribution in [0.1, 0.15) is 41.3 Å². The molecule has 6 heteroatoms. The first-order chi connectivity index (χ1) is 11.3. The van der Waals surface area contributed by atoms with Gasteiger partial charge < -0.3 is 20.4 Å². The monoisotopic (exact) mass is 329 g/mol. The first kappa shape index (κ1) is 17.6. The molecule has 3 N–H and O–H groups in total. The average molecular weight is 329 g/mol. The lowest BCUT2D eigenvalue weighted by Crippen LogP contribution is -2.34. The van der Waals surface area contributed by atoms with Crippen LogP contribution in [0.3, 0.4) is 0 Å². The number of anilines is 2. The number of furan rings is 1. The summed E-state index contributed by atoms with van der Waals surface area (Å²) in [6.07, 6.45) is 0. The van der Waals surface area contributed by atoms with Gasteiger partial charge >= 0.3 is 6.03 Å². The van der Waals surface area contributed by atoms with E-state index in [-0.39, 0.29) is 18.0 Å². The molecule has 0 fully saturated rings. The number of urea groups is 1. The summed E-state index contributed by atoms with van der Waals surface area (Å²) in [6.45, 7) is 9.25. The Kier molecular flexibility index (Phi) is 5.28. The van der Waals surface area contributed by atoms with Gasteiger partial charge in [0.05, 0.1) is 5.56 Å². The fourth-order valence-corrected chi connectivity index (χ4v) is 2.39. The second-order valence-corrected chi connectivity index (χ2v) is 6.00. The molecule has 2 rings (SSSR count). The number of hydrogen-bond donors (Lipinski definition) is 3. The molecule has 2 aromatic rings. The van der Waals surface area contributed by atoms with Gasteiger partial charge in [-0.2, -0.15) is 0 Å². The second-order valence-electron chi connectivity index (χ2n) is 6.00. The molecule has 3 amide bonds. The zero-order valence-electron chi connectivity index (χ0n) is 14.6. The Morgan fingerprint density at radius 3 is 1.92 bits per heavy atom. The van der Waals surface area contributed by atoms with Crippen molar-refractivity contribution in [1.82, 2.24) is 5.32 Å². The number of benzene rings is 1. The molecule has 24 heavy (non-hydrogen) atoms. The molecular formula is C18H23N3O3. The van der Waals surface area contributed by atoms with Gasteiger partial charge in [0.25, 0.3) is 5.91 Å². The van der Waals surface area contributed by atoms with E-state index in [9.17, 15) is 9.59 Å². The quantitative estimate of drug-likeness (QED) is 0.793. The van der Waals surface area contributed by atoms with Crippen molar-refractivity contribution in [3.63, 3.8) is 0 Å². The fourth-order valence-electron chi connectivity index (χ4n) is 2.39. The Balaban J connectivity index is 2.03. The van der Waals surface area contributed by atoms with E-state index in [1.165, 1.54) is 0 Å². The summed E-state index contributed by atoms with van der Waals surface area (Å²) in [6, 6.07) is 6.74. The Morgan fingerprint density at radius 2 is 1.46 bits per heavy atom. The molecular weight excluding hydrogens is 306 g/mol. The van der Waals surface area contributed by atoms with Crippen LogP contribution in [-0.4, -0.2) is 18.0 Å². The topological polar surface area (TPSA) is 83.4 Å². The third-order valence-electron chi connectivity index (χ3n) is 3.61. The van der Waals surface area contributed by atoms with Crippen molar-refractivity contribution in [1.29, 1.82) is 0 Å². The van der Waals surface area contributed by atoms with Gasteiger partial charge in [0, 0.05) is 23.0 Å². The van der Waals surface area contributed by atoms with E-state index in [1.807, 2.05) is 27.7 Å². The molecule has 1 heterocycles. The van der Waals surface area contributed by atoms with Crippen LogP contribution in [0.15, 0.2) is 28.7 Å². The third kappa shape index (κ3) is 4.16. The highest BCUT2D eigenvalue weighted by Gasteiger charge is 2.18. The summed E-state index contributed by atoms with van der Waals surface area (Å²) >= 11 is 0. The van der Waals surface area contributed by atoms with Crippen molar-refractivity contribution in [2.24, 2.45) is 0 Å². The molecule has 0 saturated heterocycles. The zero-order chi connectivity index (χ0) is 17.9. The van der Waals surface area contributed by atoms with Crippen LogP contribution in [0.5, 0.6) is 0 Å². The van der Waals surface area contributed by atoms with E-state index in [4.69, 9.17) is 4.42 Å². The highest BCUT2D eigenvalue weighted by molar-refractivity contribution is 6.06. The molecule has 0 saturated carbocycles. The first-order valence-corrected chi connectivity index (χ1v) is 7.83. The molecule has 0 atom stereocenters. The first-order valence-electron chi connectivity index (χ1n) is 7.83. The van der Waals surface area contributed by atoms with Crippen molar-refractivity contribution in [2.75, 3.05) is 10.6 Å². The molecule has 0 aliphatic heterocycles. The lowest BCUT2D eigenvalue weighted by atomic mass is 10.1. The minimum Gasteiger partial charge on any atom is -0.466 e. The predicted molar refractivity (Wildman–Crippen MR) is 94.6 cm³/mol. The largest absolute Gasteiger partial charge is 0.466 e. The summed E-state index contributed by atoms with van der Waals surface area (Å²) in [5, 5.41) is 8.31. The van der Waals surface area contributed by atoms with Crippen molar-refractivity contribution in [3.05, 3.63) is 46.9 Å². The van der Waals surface area contributed by atoms with E-state index in [0.717, 1.165) is 11.3 Å². The molecule has 0 aliphatic rings. The van der Waals surface area contributed by atoms with Crippen LogP contribution in [0.2, 0.25) is 0 Å². The maximum atomic E-state index is 12.4. The highest BCUT2D eigenvalue weighted by atomic mass is 16.3. The number of hydrogen-bond acceptors (Lipinski definition) is 3. The van der Waals surface area contributed by atoms with Crippen molar-refractivity contribution < 1.29 is 14.0 Å². The van der Waals surface area contributed by atoms with Gasteiger partial charge in [-0.05, 0) is 58.9 Å². The van der Waals surface area contributed by atoms with Crippen molar-refractivity contribution >= 4 is 23.3 Å². The molecule has 128 valence electrons. The normalized spacial score (nSPS) is 10.6. The second kappa shape index (κ2) is 7.21. The molecule has 0 spiro atoms. The lowest BCUT2D eigenvalue weighted by Gasteiger charge is -2.11. The van der Waals surface area contributed by atoms with E-state index in [1.54, 1.807) is 31.2 Å². The SMILES string of the molecule is Cc1oc(C)c(C(=O)Nc2ccc(NC(=O)NC(C)C)cc2)c1C. The number of nitrogens with one attached hydrogen (secondary N) is 3. The van der Waals surface area contributed by atoms with Crippen LogP contribution in [-0.2, 0) is 0 Å². The van der Waals surface area contributed by atoms with E-state index in [0.29, 0.717) is 22.7 Å². The van der Waals surface area contributed by atoms with E-state index < -0.39 is 0 Å². The number of carbonyl (C=O) groups is 2. The maximum Gasteiger partial charge on any atom is 0.319 e. The number of carbonyl (C=O) groups excluding carboxylic acids is 2. The summed E-state index contributed by atoms with van der Waals surface area (Å²) in [4.78, 5) is 24.0. The van der Waals surface area contributed by atoms with Gasteiger partial charge in [-0.15, -0.1) is 0 Å². The minimum absolute atomic E-state index is 0.0634. The standard InChI is InChI=1S/C18H23N3O3/c1-10(2)19-18(23)21-15-8-6-14(7-9-15)20-17(22)16-11(3)12(4)24-13(16)5/h6-10H,1-5H3,(H,20,22)(H2,19,21,23). The fraction of sp³-hybridized carbons (Fsp3) is 0.333. The highest BCUT2D eigenvalue weighted by Crippen LogP contribution is 2.22. The minimum atomic E-state index is -0.262. The van der Waals surface area contributed by atoms with Crippen molar-refractivity contribution in [3.8, 4) is 0 Å². The average Bonchev–Trinajstić information content (AvgIpc) is 2.73. The molecule has 6 nitrogen and oxygen atoms in total. The maximum absolute atomic E-state index is 12.4. The Bertz CT molecular complexity index is 746. The summed E-state index contributed by atoms with van der Waals surface area (Å²) in [7, 11) is 0. The van der Waals surface area contributed by atoms with Gasteiger partial charge in [0.1, 0.15) is 11.5 Å². The van der Waals surface area contributed by atoms with E-state index in [2.05, 4.69) is 16.0 Å². The van der Waals surface area contributed by atoms with Crippen LogP contribution < -0.4 is 16.0 Å². The van der Waals surface area contributed by atoms with Gasteiger partial charge in [-0.3, -0.25) is 4.79 Å². The Labute approximate surface area is 141 Å². The van der Waals surface area contributed by atoms with Gasteiger partial charge in [-0.1, -0.05) is 0 Å². The van der Waals surface area contributed by atoms with Crippen LogP contribution in [0.4, 0.5) is 16.2 Å². The predicted octanol–water partition coefficient (Wildman–Crippen LogP) is 3.99. The summed E-state index contributed by atoms with van der Waals surface area (Å²) in [5.74, 6) is 1.14.